The van der Waals surface area contributed by atoms with Gasteiger partial charge in [0, 0.05) is 19.4 Å². The van der Waals surface area contributed by atoms with Crippen LogP contribution in [0.2, 0.25) is 0 Å². The molecular formula is C15H29NO4. The predicted molar refractivity (Wildman–Crippen MR) is 78.6 cm³/mol. The van der Waals surface area contributed by atoms with Crippen molar-refractivity contribution in [2.75, 3.05) is 6.61 Å². The summed E-state index contributed by atoms with van der Waals surface area (Å²) in [7, 11) is 0. The van der Waals surface area contributed by atoms with Gasteiger partial charge in [0.25, 0.3) is 0 Å². The molecule has 0 aliphatic heterocycles. The van der Waals surface area contributed by atoms with Gasteiger partial charge in [-0.3, -0.25) is 4.79 Å². The second-order valence-corrected chi connectivity index (χ2v) is 7.27. The molecule has 1 amide bonds. The summed E-state index contributed by atoms with van der Waals surface area (Å²) in [5.41, 5.74) is -0.245. The molecule has 5 heteroatoms. The molecule has 0 aromatic heterocycles. The second kappa shape index (κ2) is 7.62. The molecular weight excluding hydrogens is 258 g/mol. The third-order valence-corrected chi connectivity index (χ3v) is 2.68. The first-order valence-corrected chi connectivity index (χ1v) is 7.07. The molecule has 0 aliphatic rings. The third-order valence-electron chi connectivity index (χ3n) is 2.68. The number of carbonyl (C=O) groups is 2. The molecule has 1 atom stereocenters. The average molecular weight is 287 g/mol. The van der Waals surface area contributed by atoms with E-state index >= 15 is 0 Å². The summed E-state index contributed by atoms with van der Waals surface area (Å²) < 4.78 is 5.49. The first kappa shape index (κ1) is 18.9. The Kier molecular flexibility index (Phi) is 7.20. The van der Waals surface area contributed by atoms with Crippen LogP contribution in [0.5, 0.6) is 0 Å². The summed E-state index contributed by atoms with van der Waals surface area (Å²) in [6.45, 7) is 12.2. The lowest BCUT2D eigenvalue weighted by Crippen LogP contribution is -2.42. The molecule has 1 unspecified atom stereocenters. The summed E-state index contributed by atoms with van der Waals surface area (Å²) in [6.07, 6.45) is 1.34. The van der Waals surface area contributed by atoms with Crippen LogP contribution in [0.15, 0.2) is 0 Å². The Bertz CT molecular complexity index is 326. The van der Waals surface area contributed by atoms with Gasteiger partial charge < -0.3 is 15.2 Å². The number of ether oxygens (including phenoxy) is 1. The lowest BCUT2D eigenvalue weighted by Gasteiger charge is -2.22. The zero-order chi connectivity index (χ0) is 16.0. The molecule has 0 aliphatic carbocycles. The predicted octanol–water partition coefficient (Wildman–Crippen LogP) is 2.59. The highest BCUT2D eigenvalue weighted by Crippen LogP contribution is 2.20. The Hall–Kier alpha value is -1.10. The van der Waals surface area contributed by atoms with Crippen LogP contribution in [-0.2, 0) is 14.3 Å². The molecule has 0 rings (SSSR count). The SMILES string of the molecule is CC(C)(C)CCC(=O)NC(CCOC(C)(C)C)C(=O)O. The zero-order valence-electron chi connectivity index (χ0n) is 13.6. The molecule has 0 bridgehead atoms. The Labute approximate surface area is 122 Å². The fourth-order valence-corrected chi connectivity index (χ4v) is 1.50. The van der Waals surface area contributed by atoms with Crippen molar-refractivity contribution in [3.05, 3.63) is 0 Å². The van der Waals surface area contributed by atoms with Gasteiger partial charge in [0.15, 0.2) is 0 Å². The largest absolute Gasteiger partial charge is 0.480 e. The molecule has 0 radical (unpaired) electrons. The van der Waals surface area contributed by atoms with Gasteiger partial charge in [-0.15, -0.1) is 0 Å². The van der Waals surface area contributed by atoms with E-state index in [4.69, 9.17) is 9.84 Å². The zero-order valence-corrected chi connectivity index (χ0v) is 13.6. The third kappa shape index (κ3) is 10.8. The summed E-state index contributed by atoms with van der Waals surface area (Å²) in [5, 5.41) is 11.7. The van der Waals surface area contributed by atoms with Gasteiger partial charge in [0.05, 0.1) is 5.60 Å². The number of hydrogen-bond acceptors (Lipinski definition) is 3. The van der Waals surface area contributed by atoms with Crippen LogP contribution in [0.4, 0.5) is 0 Å². The molecule has 0 spiro atoms. The number of carboxylic acid groups (broad SMARTS) is 1. The maximum atomic E-state index is 11.7. The van der Waals surface area contributed by atoms with E-state index < -0.39 is 12.0 Å². The van der Waals surface area contributed by atoms with E-state index in [1.54, 1.807) is 0 Å². The highest BCUT2D eigenvalue weighted by molar-refractivity contribution is 5.83. The minimum absolute atomic E-state index is 0.0609. The van der Waals surface area contributed by atoms with Crippen LogP contribution in [0, 0.1) is 5.41 Å². The number of carbonyl (C=O) groups excluding carboxylic acids is 1. The van der Waals surface area contributed by atoms with Crippen molar-refractivity contribution >= 4 is 11.9 Å². The first-order valence-electron chi connectivity index (χ1n) is 7.07. The number of hydrogen-bond donors (Lipinski definition) is 2. The average Bonchev–Trinajstić information content (AvgIpc) is 2.22. The molecule has 0 aromatic carbocycles. The van der Waals surface area contributed by atoms with Crippen LogP contribution in [0.1, 0.15) is 60.8 Å². The Morgan fingerprint density at radius 3 is 2.10 bits per heavy atom. The number of rotatable bonds is 7. The molecule has 0 heterocycles. The number of carboxylic acids is 1. The second-order valence-electron chi connectivity index (χ2n) is 7.27. The Morgan fingerprint density at radius 2 is 1.70 bits per heavy atom. The standard InChI is InChI=1S/C15H29NO4/c1-14(2,3)9-7-12(17)16-11(13(18)19)8-10-20-15(4,5)6/h11H,7-10H2,1-6H3,(H,16,17)(H,18,19). The minimum Gasteiger partial charge on any atom is -0.480 e. The van der Waals surface area contributed by atoms with Gasteiger partial charge >= 0.3 is 5.97 Å². The quantitative estimate of drug-likeness (QED) is 0.754. The van der Waals surface area contributed by atoms with Gasteiger partial charge in [0.1, 0.15) is 6.04 Å². The summed E-state index contributed by atoms with van der Waals surface area (Å²) in [4.78, 5) is 22.9. The van der Waals surface area contributed by atoms with Gasteiger partial charge in [-0.1, -0.05) is 20.8 Å². The van der Waals surface area contributed by atoms with Crippen molar-refractivity contribution in [2.45, 2.75) is 72.4 Å². The fourth-order valence-electron chi connectivity index (χ4n) is 1.50. The summed E-state index contributed by atoms with van der Waals surface area (Å²) in [5.74, 6) is -1.24. The molecule has 5 nitrogen and oxygen atoms in total. The van der Waals surface area contributed by atoms with Crippen LogP contribution in [-0.4, -0.2) is 35.2 Å². The monoisotopic (exact) mass is 287 g/mol. The Morgan fingerprint density at radius 1 is 1.15 bits per heavy atom. The number of amides is 1. The topological polar surface area (TPSA) is 75.6 Å². The molecule has 0 aromatic rings. The van der Waals surface area contributed by atoms with Crippen molar-refractivity contribution in [3.63, 3.8) is 0 Å². The smallest absolute Gasteiger partial charge is 0.326 e. The fraction of sp³-hybridized carbons (Fsp3) is 0.867. The normalized spacial score (nSPS) is 13.9. The maximum absolute atomic E-state index is 11.7. The van der Waals surface area contributed by atoms with E-state index in [0.29, 0.717) is 13.0 Å². The summed E-state index contributed by atoms with van der Waals surface area (Å²) in [6, 6.07) is -0.884. The van der Waals surface area contributed by atoms with Crippen molar-refractivity contribution in [1.82, 2.24) is 5.32 Å². The van der Waals surface area contributed by atoms with Crippen molar-refractivity contribution in [3.8, 4) is 0 Å². The minimum atomic E-state index is -1.02. The number of aliphatic carboxylic acids is 1. The molecule has 0 saturated carbocycles. The highest BCUT2D eigenvalue weighted by Gasteiger charge is 2.22. The van der Waals surface area contributed by atoms with Crippen LogP contribution >= 0.6 is 0 Å². The Balaban J connectivity index is 4.21. The molecule has 0 saturated heterocycles. The van der Waals surface area contributed by atoms with E-state index in [1.807, 2.05) is 41.5 Å². The van der Waals surface area contributed by atoms with Crippen molar-refractivity contribution < 1.29 is 19.4 Å². The van der Waals surface area contributed by atoms with Gasteiger partial charge in [-0.25, -0.2) is 4.79 Å². The van der Waals surface area contributed by atoms with Gasteiger partial charge in [0.2, 0.25) is 5.91 Å². The van der Waals surface area contributed by atoms with Gasteiger partial charge in [-0.05, 0) is 32.6 Å². The van der Waals surface area contributed by atoms with E-state index in [0.717, 1.165) is 6.42 Å². The van der Waals surface area contributed by atoms with E-state index in [-0.39, 0.29) is 23.3 Å². The van der Waals surface area contributed by atoms with E-state index in [9.17, 15) is 9.59 Å². The lowest BCUT2D eigenvalue weighted by atomic mass is 9.90. The van der Waals surface area contributed by atoms with Crippen molar-refractivity contribution in [1.29, 1.82) is 0 Å². The molecule has 2 N–H and O–H groups in total. The molecule has 20 heavy (non-hydrogen) atoms. The van der Waals surface area contributed by atoms with E-state index in [2.05, 4.69) is 5.32 Å². The van der Waals surface area contributed by atoms with Crippen LogP contribution in [0.3, 0.4) is 0 Å². The van der Waals surface area contributed by atoms with Gasteiger partial charge in [-0.2, -0.15) is 0 Å². The first-order chi connectivity index (χ1) is 8.91. The molecule has 118 valence electrons. The maximum Gasteiger partial charge on any atom is 0.326 e. The highest BCUT2D eigenvalue weighted by atomic mass is 16.5. The van der Waals surface area contributed by atoms with E-state index in [1.165, 1.54) is 0 Å². The summed E-state index contributed by atoms with van der Waals surface area (Å²) >= 11 is 0. The lowest BCUT2D eigenvalue weighted by molar-refractivity contribution is -0.142. The van der Waals surface area contributed by atoms with Crippen LogP contribution in [0.25, 0.3) is 0 Å². The van der Waals surface area contributed by atoms with Crippen LogP contribution < -0.4 is 5.32 Å². The number of nitrogens with one attached hydrogen (secondary N) is 1. The molecule has 0 fully saturated rings. The van der Waals surface area contributed by atoms with Crippen molar-refractivity contribution in [2.24, 2.45) is 5.41 Å².